The molecule has 0 saturated carbocycles. The third-order valence-electron chi connectivity index (χ3n) is 3.46. The molecule has 3 rings (SSSR count). The summed E-state index contributed by atoms with van der Waals surface area (Å²) in [5.74, 6) is 0.221. The van der Waals surface area contributed by atoms with Gasteiger partial charge in [0.1, 0.15) is 17.3 Å². The minimum absolute atomic E-state index is 0.161. The second-order valence-corrected chi connectivity index (χ2v) is 4.87. The van der Waals surface area contributed by atoms with Crippen LogP contribution in [0.4, 0.5) is 10.3 Å². The monoisotopic (exact) mass is 311 g/mol. The summed E-state index contributed by atoms with van der Waals surface area (Å²) >= 11 is 0. The summed E-state index contributed by atoms with van der Waals surface area (Å²) in [6, 6.07) is 12.4. The summed E-state index contributed by atoms with van der Waals surface area (Å²) in [4.78, 5) is 16.7. The minimum atomic E-state index is -0.365. The standard InChI is InChI=1S/C17H14FN3O2/c1-23-14-8-2-11(3-9-14)16(22)15-10-20-17(19)21(15)13-6-4-12(18)5-7-13/h2-10H,1H3,(H2,19,20). The van der Waals surface area contributed by atoms with E-state index in [1.807, 2.05) is 0 Å². The van der Waals surface area contributed by atoms with Crippen LogP contribution < -0.4 is 10.5 Å². The number of hydrogen-bond acceptors (Lipinski definition) is 4. The van der Waals surface area contributed by atoms with Crippen LogP contribution in [0.25, 0.3) is 5.69 Å². The number of imidazole rings is 1. The van der Waals surface area contributed by atoms with Crippen LogP contribution in [0, 0.1) is 5.82 Å². The quantitative estimate of drug-likeness (QED) is 0.752. The molecule has 0 amide bonds. The highest BCUT2D eigenvalue weighted by Gasteiger charge is 2.18. The van der Waals surface area contributed by atoms with Crippen molar-refractivity contribution in [3.8, 4) is 11.4 Å². The van der Waals surface area contributed by atoms with Crippen molar-refractivity contribution >= 4 is 11.7 Å². The van der Waals surface area contributed by atoms with Gasteiger partial charge in [0.2, 0.25) is 11.7 Å². The van der Waals surface area contributed by atoms with E-state index in [1.165, 1.54) is 35.0 Å². The molecule has 3 aromatic rings. The molecule has 2 N–H and O–H groups in total. The van der Waals surface area contributed by atoms with Gasteiger partial charge in [-0.2, -0.15) is 0 Å². The number of ether oxygens (including phenoxy) is 1. The molecule has 1 heterocycles. The number of halogens is 1. The number of aromatic nitrogens is 2. The van der Waals surface area contributed by atoms with Crippen LogP contribution in [0.3, 0.4) is 0 Å². The van der Waals surface area contributed by atoms with Crippen LogP contribution in [-0.4, -0.2) is 22.4 Å². The highest BCUT2D eigenvalue weighted by Crippen LogP contribution is 2.21. The van der Waals surface area contributed by atoms with Crippen molar-refractivity contribution in [3.63, 3.8) is 0 Å². The van der Waals surface area contributed by atoms with Gasteiger partial charge in [-0.15, -0.1) is 0 Å². The lowest BCUT2D eigenvalue weighted by Gasteiger charge is -2.09. The lowest BCUT2D eigenvalue weighted by atomic mass is 10.1. The van der Waals surface area contributed by atoms with Crippen molar-refractivity contribution in [3.05, 3.63) is 71.8 Å². The normalized spacial score (nSPS) is 10.5. The van der Waals surface area contributed by atoms with Crippen LogP contribution in [-0.2, 0) is 0 Å². The largest absolute Gasteiger partial charge is 0.497 e. The number of ketones is 1. The van der Waals surface area contributed by atoms with Crippen molar-refractivity contribution < 1.29 is 13.9 Å². The molecular formula is C17H14FN3O2. The van der Waals surface area contributed by atoms with E-state index < -0.39 is 0 Å². The van der Waals surface area contributed by atoms with Gasteiger partial charge in [-0.3, -0.25) is 9.36 Å². The molecule has 0 radical (unpaired) electrons. The smallest absolute Gasteiger partial charge is 0.211 e. The third-order valence-corrected chi connectivity index (χ3v) is 3.46. The Hall–Kier alpha value is -3.15. The Morgan fingerprint density at radius 3 is 2.39 bits per heavy atom. The first-order valence-corrected chi connectivity index (χ1v) is 6.88. The van der Waals surface area contributed by atoms with E-state index in [4.69, 9.17) is 10.5 Å². The Labute approximate surface area is 132 Å². The fraction of sp³-hybridized carbons (Fsp3) is 0.0588. The second-order valence-electron chi connectivity index (χ2n) is 4.87. The van der Waals surface area contributed by atoms with Crippen molar-refractivity contribution in [2.24, 2.45) is 0 Å². The van der Waals surface area contributed by atoms with Gasteiger partial charge in [-0.05, 0) is 48.5 Å². The summed E-state index contributed by atoms with van der Waals surface area (Å²) in [6.45, 7) is 0. The fourth-order valence-corrected chi connectivity index (χ4v) is 2.28. The van der Waals surface area contributed by atoms with Gasteiger partial charge in [0.05, 0.1) is 13.3 Å². The molecule has 5 nitrogen and oxygen atoms in total. The molecule has 0 bridgehead atoms. The fourth-order valence-electron chi connectivity index (χ4n) is 2.28. The number of nitrogens with zero attached hydrogens (tertiary/aromatic N) is 2. The molecule has 116 valence electrons. The van der Waals surface area contributed by atoms with E-state index in [1.54, 1.807) is 31.4 Å². The number of hydrogen-bond donors (Lipinski definition) is 1. The molecular weight excluding hydrogens is 297 g/mol. The van der Waals surface area contributed by atoms with Crippen LogP contribution in [0.1, 0.15) is 16.1 Å². The summed E-state index contributed by atoms with van der Waals surface area (Å²) in [7, 11) is 1.56. The molecule has 0 unspecified atom stereocenters. The van der Waals surface area contributed by atoms with Gasteiger partial charge in [-0.25, -0.2) is 9.37 Å². The maximum Gasteiger partial charge on any atom is 0.211 e. The first kappa shape index (κ1) is 14.8. The number of carbonyl (C=O) groups excluding carboxylic acids is 1. The lowest BCUT2D eigenvalue weighted by molar-refractivity contribution is 0.103. The van der Waals surface area contributed by atoms with Crippen molar-refractivity contribution in [2.75, 3.05) is 12.8 Å². The predicted molar refractivity (Wildman–Crippen MR) is 84.4 cm³/mol. The molecule has 23 heavy (non-hydrogen) atoms. The molecule has 0 spiro atoms. The molecule has 0 aliphatic carbocycles. The first-order valence-electron chi connectivity index (χ1n) is 6.88. The molecule has 0 aliphatic heterocycles. The van der Waals surface area contributed by atoms with Crippen molar-refractivity contribution in [1.82, 2.24) is 9.55 Å². The Bertz CT molecular complexity index is 839. The van der Waals surface area contributed by atoms with Crippen molar-refractivity contribution in [2.45, 2.75) is 0 Å². The van der Waals surface area contributed by atoms with Crippen LogP contribution >= 0.6 is 0 Å². The highest BCUT2D eigenvalue weighted by molar-refractivity contribution is 6.08. The Kier molecular flexibility index (Phi) is 3.80. The molecule has 0 atom stereocenters. The van der Waals surface area contributed by atoms with Crippen LogP contribution in [0.5, 0.6) is 5.75 Å². The van der Waals surface area contributed by atoms with E-state index in [0.717, 1.165) is 0 Å². The number of rotatable bonds is 4. The maximum absolute atomic E-state index is 13.1. The van der Waals surface area contributed by atoms with Gasteiger partial charge in [0.25, 0.3) is 0 Å². The number of methoxy groups -OCH3 is 1. The van der Waals surface area contributed by atoms with E-state index in [9.17, 15) is 9.18 Å². The number of nitrogens with two attached hydrogens (primary N) is 1. The minimum Gasteiger partial charge on any atom is -0.497 e. The van der Waals surface area contributed by atoms with Crippen LogP contribution in [0.2, 0.25) is 0 Å². The first-order chi connectivity index (χ1) is 11.1. The lowest BCUT2D eigenvalue weighted by Crippen LogP contribution is -2.11. The number of anilines is 1. The predicted octanol–water partition coefficient (Wildman–Crippen LogP) is 2.83. The van der Waals surface area contributed by atoms with Gasteiger partial charge in [0.15, 0.2) is 0 Å². The molecule has 1 aromatic heterocycles. The van der Waals surface area contributed by atoms with E-state index >= 15 is 0 Å². The summed E-state index contributed by atoms with van der Waals surface area (Å²) in [5, 5.41) is 0. The second kappa shape index (κ2) is 5.92. The van der Waals surface area contributed by atoms with Gasteiger partial charge in [-0.1, -0.05) is 0 Å². The molecule has 0 aliphatic rings. The number of carbonyl (C=O) groups is 1. The highest BCUT2D eigenvalue weighted by atomic mass is 19.1. The topological polar surface area (TPSA) is 70.1 Å². The molecule has 0 saturated heterocycles. The molecule has 0 fully saturated rings. The van der Waals surface area contributed by atoms with Gasteiger partial charge >= 0.3 is 0 Å². The van der Waals surface area contributed by atoms with Gasteiger partial charge in [0, 0.05) is 11.3 Å². The Balaban J connectivity index is 2.03. The summed E-state index contributed by atoms with van der Waals surface area (Å²) in [5.41, 5.74) is 7.21. The number of benzene rings is 2. The van der Waals surface area contributed by atoms with Gasteiger partial charge < -0.3 is 10.5 Å². The zero-order valence-electron chi connectivity index (χ0n) is 12.4. The molecule has 6 heteroatoms. The molecule has 2 aromatic carbocycles. The van der Waals surface area contributed by atoms with Crippen LogP contribution in [0.15, 0.2) is 54.7 Å². The Morgan fingerprint density at radius 1 is 1.13 bits per heavy atom. The zero-order valence-corrected chi connectivity index (χ0v) is 12.4. The van der Waals surface area contributed by atoms with E-state index in [2.05, 4.69) is 4.98 Å². The average molecular weight is 311 g/mol. The third kappa shape index (κ3) is 2.78. The van der Waals surface area contributed by atoms with E-state index in [0.29, 0.717) is 22.7 Å². The SMILES string of the molecule is COc1ccc(C(=O)c2cnc(N)n2-c2ccc(F)cc2)cc1. The van der Waals surface area contributed by atoms with E-state index in [-0.39, 0.29) is 17.5 Å². The summed E-state index contributed by atoms with van der Waals surface area (Å²) < 4.78 is 19.7. The average Bonchev–Trinajstić information content (AvgIpc) is 2.97. The van der Waals surface area contributed by atoms with Crippen molar-refractivity contribution in [1.29, 1.82) is 0 Å². The summed E-state index contributed by atoms with van der Waals surface area (Å²) in [6.07, 6.45) is 1.41. The maximum atomic E-state index is 13.1. The zero-order chi connectivity index (χ0) is 16.4. The number of nitrogen functional groups attached to an aromatic ring is 1. The Morgan fingerprint density at radius 2 is 1.78 bits per heavy atom.